The zero-order valence-corrected chi connectivity index (χ0v) is 41.4. The number of carbonyl (C=O) groups excluding carboxylic acids is 2. The van der Waals surface area contributed by atoms with Gasteiger partial charge in [-0.3, -0.25) is 23.2 Å². The van der Waals surface area contributed by atoms with Gasteiger partial charge in [-0.25, -0.2) is 9.13 Å². The first-order valence-electron chi connectivity index (χ1n) is 23.5. The van der Waals surface area contributed by atoms with Crippen molar-refractivity contribution in [2.45, 2.75) is 172 Å². The van der Waals surface area contributed by atoms with Gasteiger partial charge in [0.05, 0.1) is 12.7 Å². The molecule has 0 spiro atoms. The Kier molecular flexibility index (Phi) is 35.4. The lowest BCUT2D eigenvalue weighted by Gasteiger charge is -2.43. The quantitative estimate of drug-likeness (QED) is 0.00965. The largest absolute Gasteiger partial charge is 0.472 e. The van der Waals surface area contributed by atoms with Crippen molar-refractivity contribution in [3.63, 3.8) is 0 Å². The van der Waals surface area contributed by atoms with Crippen LogP contribution in [0.5, 0.6) is 0 Å². The fourth-order valence-corrected chi connectivity index (χ4v) is 7.86. The van der Waals surface area contributed by atoms with Crippen LogP contribution < -0.4 is 0 Å². The van der Waals surface area contributed by atoms with Crippen molar-refractivity contribution in [3.8, 4) is 0 Å². The lowest BCUT2D eigenvalue weighted by Crippen LogP contribution is -2.64. The van der Waals surface area contributed by atoms with Crippen LogP contribution in [-0.2, 0) is 41.8 Å². The van der Waals surface area contributed by atoms with Gasteiger partial charge in [-0.2, -0.15) is 0 Å². The van der Waals surface area contributed by atoms with Gasteiger partial charge in [0.1, 0.15) is 43.2 Å². The second-order valence-electron chi connectivity index (χ2n) is 15.9. The number of carbonyl (C=O) groups is 2. The Balaban J connectivity index is 2.70. The van der Waals surface area contributed by atoms with Crippen molar-refractivity contribution < 1.29 is 82.0 Å². The predicted molar refractivity (Wildman–Crippen MR) is 261 cm³/mol. The molecule has 1 aliphatic carbocycles. The van der Waals surface area contributed by atoms with E-state index in [2.05, 4.69) is 91.3 Å². The van der Waals surface area contributed by atoms with Crippen LogP contribution in [0.2, 0.25) is 0 Å². The maximum absolute atomic E-state index is 13.0. The van der Waals surface area contributed by atoms with Gasteiger partial charge < -0.3 is 49.7 Å². The number of hydrogen-bond acceptors (Lipinski definition) is 14. The monoisotopic (exact) mass is 1000 g/mol. The van der Waals surface area contributed by atoms with Gasteiger partial charge in [0.15, 0.2) is 6.10 Å². The molecule has 9 atom stereocenters. The van der Waals surface area contributed by atoms with E-state index >= 15 is 0 Å². The second-order valence-corrected chi connectivity index (χ2v) is 18.5. The smallest absolute Gasteiger partial charge is 0.462 e. The number of phosphoric ester groups is 2. The van der Waals surface area contributed by atoms with Crippen LogP contribution in [0.1, 0.15) is 123 Å². The van der Waals surface area contributed by atoms with E-state index in [1.165, 1.54) is 0 Å². The Morgan fingerprint density at radius 3 is 1.65 bits per heavy atom. The number of allylic oxidation sites excluding steroid dienone is 16. The number of phosphoric acid groups is 2. The second kappa shape index (κ2) is 38.4. The molecule has 19 heteroatoms. The third-order valence-electron chi connectivity index (χ3n) is 9.94. The number of rotatable bonds is 37. The molecule has 1 rings (SSSR count). The maximum atomic E-state index is 13.0. The molecule has 0 bridgehead atoms. The molecular weight excluding hydrogens is 922 g/mol. The van der Waals surface area contributed by atoms with Crippen molar-refractivity contribution in [1.29, 1.82) is 0 Å². The summed E-state index contributed by atoms with van der Waals surface area (Å²) in [5.41, 5.74) is 0. The van der Waals surface area contributed by atoms with Gasteiger partial charge in [-0.05, 0) is 77.0 Å². The first-order valence-corrected chi connectivity index (χ1v) is 26.6. The summed E-state index contributed by atoms with van der Waals surface area (Å²) in [5.74, 6) is -1.42. The molecule has 6 unspecified atom stereocenters. The van der Waals surface area contributed by atoms with Crippen LogP contribution >= 0.6 is 15.6 Å². The zero-order valence-electron chi connectivity index (χ0n) is 39.6. The molecule has 0 radical (unpaired) electrons. The van der Waals surface area contributed by atoms with Crippen molar-refractivity contribution in [1.82, 2.24) is 0 Å². The molecule has 0 aromatic heterocycles. The summed E-state index contributed by atoms with van der Waals surface area (Å²) < 4.78 is 49.2. The van der Waals surface area contributed by atoms with Crippen molar-refractivity contribution in [2.75, 3.05) is 13.2 Å². The van der Waals surface area contributed by atoms with E-state index in [1.54, 1.807) is 24.3 Å². The molecule has 1 aliphatic rings. The first kappa shape index (κ1) is 62.6. The minimum atomic E-state index is -5.39. The van der Waals surface area contributed by atoms with Gasteiger partial charge in [-0.1, -0.05) is 142 Å². The Morgan fingerprint density at radius 1 is 0.544 bits per heavy atom. The van der Waals surface area contributed by atoms with Gasteiger partial charge >= 0.3 is 27.6 Å². The Morgan fingerprint density at radius 2 is 1.06 bits per heavy atom. The SMILES string of the molecule is CC/C=C\C/C=C\C/C=C\C/C=C\C=C/C(O)C/C=C\CCC(=O)OC[C@H](COP(=O)(O)O[C@H]1C(O)C(O)C(O)[C@@H](OP(=O)(O)O)C1O)OC(=O)CCCCCCC/C=C\C/C=C\C/C=C\CC. The molecule has 0 amide bonds. The highest BCUT2D eigenvalue weighted by Gasteiger charge is 2.54. The van der Waals surface area contributed by atoms with Crippen molar-refractivity contribution in [3.05, 3.63) is 109 Å². The number of hydrogen-bond donors (Lipinski definition) is 8. The topological polar surface area (TPSA) is 276 Å². The van der Waals surface area contributed by atoms with Gasteiger partial charge in [-0.15, -0.1) is 0 Å². The predicted octanol–water partition coefficient (Wildman–Crippen LogP) is 7.92. The van der Waals surface area contributed by atoms with Crippen LogP contribution in [-0.4, -0.2) is 114 Å². The average molecular weight is 1000 g/mol. The highest BCUT2D eigenvalue weighted by Crippen LogP contribution is 2.49. The summed E-state index contributed by atoms with van der Waals surface area (Å²) in [7, 11) is -10.8. The molecular formula is C49H78O17P2. The first-order chi connectivity index (χ1) is 32.5. The maximum Gasteiger partial charge on any atom is 0.472 e. The highest BCUT2D eigenvalue weighted by molar-refractivity contribution is 7.47. The number of aliphatic hydroxyl groups excluding tert-OH is 5. The van der Waals surface area contributed by atoms with Crippen LogP contribution in [0.15, 0.2) is 109 Å². The van der Waals surface area contributed by atoms with Crippen molar-refractivity contribution >= 4 is 27.6 Å². The molecule has 68 heavy (non-hydrogen) atoms. The fraction of sp³-hybridized carbons (Fsp3) is 0.592. The van der Waals surface area contributed by atoms with E-state index in [0.29, 0.717) is 12.8 Å². The van der Waals surface area contributed by atoms with E-state index in [-0.39, 0.29) is 19.3 Å². The number of unbranched alkanes of at least 4 members (excludes halogenated alkanes) is 5. The molecule has 1 saturated carbocycles. The summed E-state index contributed by atoms with van der Waals surface area (Å²) >= 11 is 0. The summed E-state index contributed by atoms with van der Waals surface area (Å²) in [6.07, 6.45) is 32.1. The van der Waals surface area contributed by atoms with E-state index < -0.39 is 89.6 Å². The normalized spacial score (nSPS) is 22.7. The number of aliphatic hydroxyl groups is 5. The molecule has 8 N–H and O–H groups in total. The summed E-state index contributed by atoms with van der Waals surface area (Å²) in [6, 6.07) is 0. The summed E-state index contributed by atoms with van der Waals surface area (Å²) in [4.78, 5) is 54.3. The molecule has 0 saturated heterocycles. The standard InChI is InChI=1S/C49H78O17P2/c1-3-5-7-9-11-13-15-17-18-20-22-24-26-28-32-37-43(52)64-41(39-63-68(60,61)66-49-46(55)44(53)45(54)48(47(49)56)65-67(57,58)59)38-62-42(51)36-33-29-31-35-40(50)34-30-27-25-23-21-19-16-14-12-10-8-6-4-2/h5-8,11-14,17-19,21,25,27,29-31,34,40-41,44-50,53-56H,3-4,9-10,15-16,20,22-24,26,28,32-33,35-39H2,1-2H3,(H,60,61)(H2,57,58,59)/b7-5-,8-6-,13-11-,14-12-,18-17-,21-19-,27-25-,31-29-,34-30-/t40?,41-,44?,45?,46?,47?,48-,49+/m1/s1. The molecule has 1 fully saturated rings. The minimum Gasteiger partial charge on any atom is -0.462 e. The van der Waals surface area contributed by atoms with Gasteiger partial charge in [0, 0.05) is 12.8 Å². The van der Waals surface area contributed by atoms with E-state index in [4.69, 9.17) is 18.5 Å². The molecule has 0 aromatic carbocycles. The third kappa shape index (κ3) is 32.4. The molecule has 0 heterocycles. The third-order valence-corrected chi connectivity index (χ3v) is 11.4. The van der Waals surface area contributed by atoms with E-state index in [0.717, 1.165) is 77.0 Å². The highest BCUT2D eigenvalue weighted by atomic mass is 31.2. The lowest BCUT2D eigenvalue weighted by atomic mass is 9.85. The Bertz CT molecular complexity index is 1750. The van der Waals surface area contributed by atoms with Crippen LogP contribution in [0.3, 0.4) is 0 Å². The molecule has 17 nitrogen and oxygen atoms in total. The summed E-state index contributed by atoms with van der Waals surface area (Å²) in [5, 5.41) is 51.5. The van der Waals surface area contributed by atoms with E-state index in [9.17, 15) is 58.9 Å². The van der Waals surface area contributed by atoms with Gasteiger partial charge in [0.25, 0.3) is 0 Å². The van der Waals surface area contributed by atoms with Gasteiger partial charge in [0.2, 0.25) is 0 Å². The lowest BCUT2D eigenvalue weighted by molar-refractivity contribution is -0.216. The molecule has 0 aromatic rings. The van der Waals surface area contributed by atoms with Crippen LogP contribution in [0.25, 0.3) is 0 Å². The Labute approximate surface area is 402 Å². The number of ether oxygens (including phenoxy) is 2. The minimum absolute atomic E-state index is 0.0195. The van der Waals surface area contributed by atoms with Crippen LogP contribution in [0.4, 0.5) is 0 Å². The fourth-order valence-electron chi connectivity index (χ4n) is 6.32. The average Bonchev–Trinajstić information content (AvgIpc) is 3.29. The Hall–Kier alpha value is -3.38. The van der Waals surface area contributed by atoms with Crippen molar-refractivity contribution in [2.24, 2.45) is 0 Å². The van der Waals surface area contributed by atoms with E-state index in [1.807, 2.05) is 12.2 Å². The summed E-state index contributed by atoms with van der Waals surface area (Å²) in [6.45, 7) is 2.70. The van der Waals surface area contributed by atoms with Crippen LogP contribution in [0, 0.1) is 0 Å². The zero-order chi connectivity index (χ0) is 50.5. The molecule has 0 aliphatic heterocycles. The molecule has 386 valence electrons. The number of esters is 2.